The molecular weight excluding hydrogens is 358 g/mol. The van der Waals surface area contributed by atoms with Gasteiger partial charge in [-0.05, 0) is 47.5 Å². The molecule has 0 amide bonds. The van der Waals surface area contributed by atoms with Crippen molar-refractivity contribution >= 4 is 5.69 Å². The van der Waals surface area contributed by atoms with Crippen molar-refractivity contribution < 1.29 is 9.84 Å². The fourth-order valence-electron chi connectivity index (χ4n) is 3.88. The molecule has 0 aliphatic carbocycles. The molecule has 0 bridgehead atoms. The van der Waals surface area contributed by atoms with Gasteiger partial charge in [0.25, 0.3) is 0 Å². The molecule has 5 rings (SSSR count). The molecule has 142 valence electrons. The molecule has 1 aliphatic heterocycles. The second-order valence-corrected chi connectivity index (χ2v) is 7.25. The number of nitrogens with one attached hydrogen (secondary N) is 1. The highest BCUT2D eigenvalue weighted by Gasteiger charge is 2.27. The summed E-state index contributed by atoms with van der Waals surface area (Å²) in [6.07, 6.45) is 0. The van der Waals surface area contributed by atoms with E-state index in [-0.39, 0.29) is 11.7 Å². The molecular formula is C26H21NO2. The van der Waals surface area contributed by atoms with Crippen LogP contribution < -0.4 is 10.1 Å². The minimum Gasteiger partial charge on any atom is -0.508 e. The van der Waals surface area contributed by atoms with Gasteiger partial charge in [-0.3, -0.25) is 0 Å². The van der Waals surface area contributed by atoms with E-state index in [0.717, 1.165) is 22.7 Å². The molecule has 29 heavy (non-hydrogen) atoms. The monoisotopic (exact) mass is 379 g/mol. The highest BCUT2D eigenvalue weighted by atomic mass is 16.5. The molecule has 0 spiro atoms. The molecule has 0 aromatic heterocycles. The highest BCUT2D eigenvalue weighted by Crippen LogP contribution is 2.47. The number of ether oxygens (including phenoxy) is 1. The molecule has 0 fully saturated rings. The van der Waals surface area contributed by atoms with E-state index < -0.39 is 0 Å². The summed E-state index contributed by atoms with van der Waals surface area (Å²) in [5, 5.41) is 12.8. The number of phenolic OH excluding ortho intramolecular Hbond substituents is 1. The van der Waals surface area contributed by atoms with Gasteiger partial charge < -0.3 is 15.2 Å². The third-order valence-corrected chi connectivity index (χ3v) is 5.36. The first-order valence-corrected chi connectivity index (χ1v) is 9.75. The summed E-state index contributed by atoms with van der Waals surface area (Å²) in [7, 11) is 0. The number of phenols is 1. The predicted molar refractivity (Wildman–Crippen MR) is 116 cm³/mol. The van der Waals surface area contributed by atoms with Crippen LogP contribution in [0.2, 0.25) is 0 Å². The summed E-state index contributed by atoms with van der Waals surface area (Å²) in [6, 6.07) is 32.4. The molecule has 0 radical (unpaired) electrons. The quantitative estimate of drug-likeness (QED) is 0.385. The van der Waals surface area contributed by atoms with E-state index in [0.29, 0.717) is 6.54 Å². The van der Waals surface area contributed by atoms with E-state index in [1.807, 2.05) is 36.4 Å². The van der Waals surface area contributed by atoms with Crippen LogP contribution in [0.5, 0.6) is 17.2 Å². The molecule has 3 nitrogen and oxygen atoms in total. The zero-order valence-corrected chi connectivity index (χ0v) is 15.9. The van der Waals surface area contributed by atoms with Crippen molar-refractivity contribution in [1.29, 1.82) is 0 Å². The van der Waals surface area contributed by atoms with Crippen LogP contribution in [0.1, 0.15) is 28.2 Å². The van der Waals surface area contributed by atoms with Crippen molar-refractivity contribution in [3.63, 3.8) is 0 Å². The van der Waals surface area contributed by atoms with Crippen molar-refractivity contribution in [3.8, 4) is 17.2 Å². The van der Waals surface area contributed by atoms with Gasteiger partial charge in [0.15, 0.2) is 0 Å². The third-order valence-electron chi connectivity index (χ3n) is 5.36. The Labute approximate surface area is 170 Å². The fourth-order valence-corrected chi connectivity index (χ4v) is 3.88. The number of rotatable bonds is 4. The molecule has 4 aromatic rings. The van der Waals surface area contributed by atoms with Crippen molar-refractivity contribution in [3.05, 3.63) is 119 Å². The molecule has 1 heterocycles. The Balaban J connectivity index is 1.42. The molecule has 0 saturated heterocycles. The van der Waals surface area contributed by atoms with E-state index >= 15 is 0 Å². The summed E-state index contributed by atoms with van der Waals surface area (Å²) < 4.78 is 6.12. The minimum atomic E-state index is 0.155. The van der Waals surface area contributed by atoms with E-state index in [1.54, 1.807) is 12.1 Å². The Morgan fingerprint density at radius 2 is 1.28 bits per heavy atom. The Morgan fingerprint density at radius 1 is 0.690 bits per heavy atom. The number of aromatic hydroxyl groups is 1. The summed E-state index contributed by atoms with van der Waals surface area (Å²) in [4.78, 5) is 0. The van der Waals surface area contributed by atoms with Crippen molar-refractivity contribution in [1.82, 2.24) is 0 Å². The lowest BCUT2D eigenvalue weighted by Gasteiger charge is -2.28. The van der Waals surface area contributed by atoms with Gasteiger partial charge in [-0.2, -0.15) is 0 Å². The highest BCUT2D eigenvalue weighted by molar-refractivity contribution is 5.59. The number of fused-ring (bicyclic) bond motifs is 2. The van der Waals surface area contributed by atoms with E-state index in [1.165, 1.54) is 16.7 Å². The summed E-state index contributed by atoms with van der Waals surface area (Å²) in [5.74, 6) is 2.29. The lowest BCUT2D eigenvalue weighted by molar-refractivity contribution is 0.453. The van der Waals surface area contributed by atoms with Crippen LogP contribution in [-0.4, -0.2) is 5.11 Å². The largest absolute Gasteiger partial charge is 0.508 e. The Bertz CT molecular complexity index is 1090. The lowest BCUT2D eigenvalue weighted by Crippen LogP contribution is -2.11. The van der Waals surface area contributed by atoms with Crippen LogP contribution in [-0.2, 0) is 6.54 Å². The van der Waals surface area contributed by atoms with Crippen LogP contribution in [0.4, 0.5) is 5.69 Å². The van der Waals surface area contributed by atoms with Gasteiger partial charge in [-0.25, -0.2) is 0 Å². The van der Waals surface area contributed by atoms with Crippen LogP contribution >= 0.6 is 0 Å². The van der Waals surface area contributed by atoms with Crippen LogP contribution in [0, 0.1) is 0 Å². The van der Waals surface area contributed by atoms with Gasteiger partial charge in [-0.15, -0.1) is 0 Å². The SMILES string of the molecule is Oc1ccc(CNc2ccc(C3c4ccccc4Oc4ccccc43)cc2)cc1. The van der Waals surface area contributed by atoms with Crippen LogP contribution in [0.15, 0.2) is 97.1 Å². The topological polar surface area (TPSA) is 41.5 Å². The summed E-state index contributed by atoms with van der Waals surface area (Å²) in [6.45, 7) is 0.711. The zero-order valence-electron chi connectivity index (χ0n) is 15.9. The minimum absolute atomic E-state index is 0.155. The number of benzene rings is 4. The first kappa shape index (κ1) is 17.4. The Morgan fingerprint density at radius 3 is 1.90 bits per heavy atom. The van der Waals surface area contributed by atoms with Crippen molar-refractivity contribution in [2.24, 2.45) is 0 Å². The lowest BCUT2D eigenvalue weighted by atomic mass is 9.82. The molecule has 1 aliphatic rings. The van der Waals surface area contributed by atoms with Crippen LogP contribution in [0.25, 0.3) is 0 Å². The first-order valence-electron chi connectivity index (χ1n) is 9.75. The van der Waals surface area contributed by atoms with Crippen molar-refractivity contribution in [2.45, 2.75) is 12.5 Å². The Hall–Kier alpha value is -3.72. The predicted octanol–water partition coefficient (Wildman–Crippen LogP) is 6.29. The summed E-state index contributed by atoms with van der Waals surface area (Å²) in [5.41, 5.74) is 5.81. The van der Waals surface area contributed by atoms with Gasteiger partial charge >= 0.3 is 0 Å². The van der Waals surface area contributed by atoms with E-state index in [4.69, 9.17) is 4.74 Å². The molecule has 3 heteroatoms. The Kier molecular flexibility index (Phi) is 4.41. The van der Waals surface area contributed by atoms with Gasteiger partial charge in [0.1, 0.15) is 17.2 Å². The third kappa shape index (κ3) is 3.43. The zero-order chi connectivity index (χ0) is 19.6. The molecule has 2 N–H and O–H groups in total. The molecule has 0 atom stereocenters. The second-order valence-electron chi connectivity index (χ2n) is 7.25. The van der Waals surface area contributed by atoms with Gasteiger partial charge in [0.2, 0.25) is 0 Å². The fraction of sp³-hybridized carbons (Fsp3) is 0.0769. The number of anilines is 1. The number of hydrogen-bond donors (Lipinski definition) is 2. The molecule has 0 saturated carbocycles. The average Bonchev–Trinajstić information content (AvgIpc) is 2.77. The van der Waals surface area contributed by atoms with Crippen molar-refractivity contribution in [2.75, 3.05) is 5.32 Å². The molecule has 0 unspecified atom stereocenters. The van der Waals surface area contributed by atoms with Gasteiger partial charge in [0.05, 0.1) is 0 Å². The smallest absolute Gasteiger partial charge is 0.131 e. The maximum atomic E-state index is 9.41. The van der Waals surface area contributed by atoms with E-state index in [9.17, 15) is 5.11 Å². The molecule has 4 aromatic carbocycles. The summed E-state index contributed by atoms with van der Waals surface area (Å²) >= 11 is 0. The maximum absolute atomic E-state index is 9.41. The number of para-hydroxylation sites is 2. The average molecular weight is 379 g/mol. The van der Waals surface area contributed by atoms with Gasteiger partial charge in [-0.1, -0.05) is 60.7 Å². The first-order chi connectivity index (χ1) is 14.3. The standard InChI is InChI=1S/C26H21NO2/c28-21-15-9-18(10-16-21)17-27-20-13-11-19(12-14-20)26-22-5-1-3-7-24(22)29-25-8-4-2-6-23(25)26/h1-16,26-28H,17H2. The number of hydrogen-bond acceptors (Lipinski definition) is 3. The normalized spacial score (nSPS) is 12.6. The van der Waals surface area contributed by atoms with Gasteiger partial charge in [0, 0.05) is 29.3 Å². The maximum Gasteiger partial charge on any atom is 0.131 e. The van der Waals surface area contributed by atoms with Crippen LogP contribution in [0.3, 0.4) is 0 Å². The second kappa shape index (κ2) is 7.36. The van der Waals surface area contributed by atoms with E-state index in [2.05, 4.69) is 53.8 Å².